The Bertz CT molecular complexity index is 884. The fourth-order valence-electron chi connectivity index (χ4n) is 4.29. The molecule has 2 N–H and O–H groups in total. The summed E-state index contributed by atoms with van der Waals surface area (Å²) in [5.41, 5.74) is 0.481. The third-order valence-corrected chi connectivity index (χ3v) is 6.43. The van der Waals surface area contributed by atoms with Gasteiger partial charge in [-0.2, -0.15) is 0 Å². The van der Waals surface area contributed by atoms with Gasteiger partial charge in [0, 0.05) is 11.6 Å². The highest BCUT2D eigenvalue weighted by molar-refractivity contribution is 5.93. The molecule has 4 atom stereocenters. The summed E-state index contributed by atoms with van der Waals surface area (Å²) < 4.78 is 5.48. The first kappa shape index (κ1) is 32.5. The van der Waals surface area contributed by atoms with Gasteiger partial charge in [-0.3, -0.25) is 9.59 Å². The fourth-order valence-corrected chi connectivity index (χ4v) is 4.29. The molecule has 0 spiro atoms. The minimum Gasteiger partial charge on any atom is -0.444 e. The van der Waals surface area contributed by atoms with Crippen LogP contribution >= 0.6 is 0 Å². The number of aryl methyl sites for hydroxylation is 1. The average Bonchev–Trinajstić information content (AvgIpc) is 2.78. The standard InChI is InChI=1S/C30H51N3O4/c1-12-15-21(5)31-26(34)25(23-18-16-22(14-3)17-19-23)33(29(6,7)8)27(35)24(20(4)13-2)32-28(36)37-30(9,10)11/h16-21,24-25H,12-15H2,1-11H3,(H,31,34)(H,32,36). The Hall–Kier alpha value is -2.57. The highest BCUT2D eigenvalue weighted by Gasteiger charge is 2.43. The zero-order valence-electron chi connectivity index (χ0n) is 25.0. The van der Waals surface area contributed by atoms with Gasteiger partial charge in [0.05, 0.1) is 0 Å². The van der Waals surface area contributed by atoms with Crippen LogP contribution in [0.1, 0.15) is 113 Å². The molecule has 0 fully saturated rings. The van der Waals surface area contributed by atoms with Crippen LogP contribution in [-0.2, 0) is 20.7 Å². The maximum absolute atomic E-state index is 14.3. The first-order chi connectivity index (χ1) is 17.0. The minimum atomic E-state index is -0.857. The predicted octanol–water partition coefficient (Wildman–Crippen LogP) is 6.16. The summed E-state index contributed by atoms with van der Waals surface area (Å²) in [5.74, 6) is -0.709. The van der Waals surface area contributed by atoms with Gasteiger partial charge in [-0.15, -0.1) is 0 Å². The Labute approximate surface area is 225 Å². The molecule has 0 aliphatic rings. The van der Waals surface area contributed by atoms with Crippen LogP contribution in [0.15, 0.2) is 24.3 Å². The normalized spacial score (nSPS) is 15.2. The molecule has 0 saturated heterocycles. The van der Waals surface area contributed by atoms with Crippen molar-refractivity contribution in [2.24, 2.45) is 5.92 Å². The van der Waals surface area contributed by atoms with E-state index >= 15 is 0 Å². The molecule has 1 aromatic rings. The Kier molecular flexibility index (Phi) is 12.1. The lowest BCUT2D eigenvalue weighted by Gasteiger charge is -2.44. The van der Waals surface area contributed by atoms with Gasteiger partial charge in [0.2, 0.25) is 11.8 Å². The molecule has 7 nitrogen and oxygen atoms in total. The molecule has 0 aliphatic heterocycles. The summed E-state index contributed by atoms with van der Waals surface area (Å²) in [7, 11) is 0. The smallest absolute Gasteiger partial charge is 0.408 e. The predicted molar refractivity (Wildman–Crippen MR) is 150 cm³/mol. The molecule has 1 aromatic carbocycles. The van der Waals surface area contributed by atoms with E-state index in [4.69, 9.17) is 4.74 Å². The van der Waals surface area contributed by atoms with E-state index in [1.54, 1.807) is 25.7 Å². The van der Waals surface area contributed by atoms with E-state index in [-0.39, 0.29) is 23.8 Å². The molecular weight excluding hydrogens is 466 g/mol. The molecule has 0 saturated carbocycles. The van der Waals surface area contributed by atoms with E-state index in [9.17, 15) is 14.4 Å². The van der Waals surface area contributed by atoms with E-state index in [1.165, 1.54) is 0 Å². The fraction of sp³-hybridized carbons (Fsp3) is 0.700. The van der Waals surface area contributed by atoms with E-state index in [2.05, 4.69) is 24.5 Å². The Morgan fingerprint density at radius 3 is 1.92 bits per heavy atom. The first-order valence-electron chi connectivity index (χ1n) is 13.8. The number of carbonyl (C=O) groups is 3. The van der Waals surface area contributed by atoms with Crippen LogP contribution in [0.25, 0.3) is 0 Å². The summed E-state index contributed by atoms with van der Waals surface area (Å²) in [6.45, 7) is 21.1. The van der Waals surface area contributed by atoms with Crippen LogP contribution in [0.2, 0.25) is 0 Å². The SMILES string of the molecule is CCCC(C)NC(=O)C(c1ccc(CC)cc1)N(C(=O)C(NC(=O)OC(C)(C)C)C(C)CC)C(C)(C)C. The molecule has 37 heavy (non-hydrogen) atoms. The van der Waals surface area contributed by atoms with Gasteiger partial charge in [0.1, 0.15) is 17.7 Å². The van der Waals surface area contributed by atoms with Crippen molar-refractivity contribution in [3.05, 3.63) is 35.4 Å². The number of amides is 3. The van der Waals surface area contributed by atoms with Crippen molar-refractivity contribution in [1.82, 2.24) is 15.5 Å². The van der Waals surface area contributed by atoms with Crippen molar-refractivity contribution < 1.29 is 19.1 Å². The Morgan fingerprint density at radius 2 is 1.49 bits per heavy atom. The maximum atomic E-state index is 14.3. The zero-order valence-corrected chi connectivity index (χ0v) is 25.0. The summed E-state index contributed by atoms with van der Waals surface area (Å²) in [5, 5.41) is 5.94. The lowest BCUT2D eigenvalue weighted by atomic mass is 9.91. The second kappa shape index (κ2) is 13.8. The number of rotatable bonds is 11. The lowest BCUT2D eigenvalue weighted by Crippen LogP contribution is -2.60. The molecular formula is C30H51N3O4. The number of carbonyl (C=O) groups excluding carboxylic acids is 3. The molecule has 1 rings (SSSR count). The number of benzene rings is 1. The molecule has 0 bridgehead atoms. The van der Waals surface area contributed by atoms with Crippen LogP contribution in [0.5, 0.6) is 0 Å². The molecule has 0 aliphatic carbocycles. The molecule has 210 valence electrons. The number of alkyl carbamates (subject to hydrolysis) is 1. The second-order valence-corrected chi connectivity index (χ2v) is 12.1. The van der Waals surface area contributed by atoms with Gasteiger partial charge in [-0.25, -0.2) is 4.79 Å². The van der Waals surface area contributed by atoms with E-state index in [1.807, 2.05) is 65.8 Å². The van der Waals surface area contributed by atoms with E-state index < -0.39 is 29.3 Å². The molecule has 3 amide bonds. The first-order valence-corrected chi connectivity index (χ1v) is 13.8. The molecule has 7 heteroatoms. The third kappa shape index (κ3) is 10.0. The number of ether oxygens (including phenoxy) is 1. The lowest BCUT2D eigenvalue weighted by molar-refractivity contribution is -0.149. The van der Waals surface area contributed by atoms with Crippen LogP contribution in [0.3, 0.4) is 0 Å². The molecule has 0 heterocycles. The number of nitrogens with zero attached hydrogens (tertiary/aromatic N) is 1. The average molecular weight is 518 g/mol. The molecule has 0 aromatic heterocycles. The quantitative estimate of drug-likeness (QED) is 0.368. The summed E-state index contributed by atoms with van der Waals surface area (Å²) in [6, 6.07) is 6.13. The van der Waals surface area contributed by atoms with Crippen LogP contribution in [-0.4, -0.2) is 46.0 Å². The Morgan fingerprint density at radius 1 is 0.919 bits per heavy atom. The van der Waals surface area contributed by atoms with Gasteiger partial charge in [0.15, 0.2) is 0 Å². The third-order valence-electron chi connectivity index (χ3n) is 6.43. The zero-order chi connectivity index (χ0) is 28.6. The number of hydrogen-bond acceptors (Lipinski definition) is 4. The highest BCUT2D eigenvalue weighted by Crippen LogP contribution is 2.32. The number of hydrogen-bond donors (Lipinski definition) is 2. The largest absolute Gasteiger partial charge is 0.444 e. The maximum Gasteiger partial charge on any atom is 0.408 e. The Balaban J connectivity index is 3.60. The van der Waals surface area contributed by atoms with Crippen molar-refractivity contribution in [1.29, 1.82) is 0 Å². The summed E-state index contributed by atoms with van der Waals surface area (Å²) >= 11 is 0. The van der Waals surface area contributed by atoms with Gasteiger partial charge in [-0.1, -0.05) is 64.8 Å². The van der Waals surface area contributed by atoms with Crippen molar-refractivity contribution in [3.63, 3.8) is 0 Å². The summed E-state index contributed by atoms with van der Waals surface area (Å²) in [6.07, 6.45) is 2.67. The van der Waals surface area contributed by atoms with Crippen molar-refractivity contribution in [2.75, 3.05) is 0 Å². The number of nitrogens with one attached hydrogen (secondary N) is 2. The highest BCUT2D eigenvalue weighted by atomic mass is 16.6. The van der Waals surface area contributed by atoms with Crippen molar-refractivity contribution in [3.8, 4) is 0 Å². The van der Waals surface area contributed by atoms with Crippen molar-refractivity contribution in [2.45, 2.75) is 131 Å². The van der Waals surface area contributed by atoms with Gasteiger partial charge in [0.25, 0.3) is 0 Å². The summed E-state index contributed by atoms with van der Waals surface area (Å²) in [4.78, 5) is 42.5. The van der Waals surface area contributed by atoms with Crippen molar-refractivity contribution >= 4 is 17.9 Å². The van der Waals surface area contributed by atoms with Gasteiger partial charge in [-0.05, 0) is 78.4 Å². The molecule has 0 radical (unpaired) electrons. The van der Waals surface area contributed by atoms with E-state index in [0.29, 0.717) is 6.42 Å². The van der Waals surface area contributed by atoms with Crippen LogP contribution in [0.4, 0.5) is 4.79 Å². The van der Waals surface area contributed by atoms with Crippen LogP contribution in [0, 0.1) is 5.92 Å². The topological polar surface area (TPSA) is 87.7 Å². The van der Waals surface area contributed by atoms with Crippen LogP contribution < -0.4 is 10.6 Å². The second-order valence-electron chi connectivity index (χ2n) is 12.1. The minimum absolute atomic E-state index is 0.0305. The molecule has 4 unspecified atom stereocenters. The van der Waals surface area contributed by atoms with E-state index in [0.717, 1.165) is 30.4 Å². The monoisotopic (exact) mass is 517 g/mol. The van der Waals surface area contributed by atoms with Gasteiger partial charge < -0.3 is 20.3 Å². The van der Waals surface area contributed by atoms with Gasteiger partial charge >= 0.3 is 6.09 Å².